The van der Waals surface area contributed by atoms with Gasteiger partial charge in [0.25, 0.3) is 0 Å². The highest BCUT2D eigenvalue weighted by molar-refractivity contribution is 6.34. The Bertz CT molecular complexity index is 612. The number of benzene rings is 1. The first-order chi connectivity index (χ1) is 11.0. The molecule has 0 aromatic heterocycles. The van der Waals surface area contributed by atoms with Crippen LogP contribution >= 0.6 is 23.2 Å². The molecule has 1 saturated heterocycles. The van der Waals surface area contributed by atoms with Gasteiger partial charge in [0.1, 0.15) is 6.54 Å². The number of carbonyl (C=O) groups is 2. The fourth-order valence-electron chi connectivity index (χ4n) is 2.43. The molecule has 1 N–H and O–H groups in total. The van der Waals surface area contributed by atoms with Crippen LogP contribution < -0.4 is 0 Å². The van der Waals surface area contributed by atoms with Crippen LogP contribution in [-0.2, 0) is 14.3 Å². The molecular weight excluding hydrogens is 341 g/mol. The fourth-order valence-corrected chi connectivity index (χ4v) is 2.79. The Morgan fingerprint density at radius 2 is 2.00 bits per heavy atom. The predicted molar refractivity (Wildman–Crippen MR) is 88.7 cm³/mol. The van der Waals surface area contributed by atoms with Crippen LogP contribution in [0, 0.1) is 0 Å². The summed E-state index contributed by atoms with van der Waals surface area (Å²) in [6.07, 6.45) is 4.14. The molecular formula is C16H17Cl2NO4. The molecule has 124 valence electrons. The molecule has 0 spiro atoms. The lowest BCUT2D eigenvalue weighted by atomic mass is 10.1. The van der Waals surface area contributed by atoms with Gasteiger partial charge in [-0.1, -0.05) is 23.2 Å². The highest BCUT2D eigenvalue weighted by Gasteiger charge is 2.26. The minimum absolute atomic E-state index is 0.133. The summed E-state index contributed by atoms with van der Waals surface area (Å²) < 4.78 is 5.26. The Balaban J connectivity index is 2.14. The van der Waals surface area contributed by atoms with Gasteiger partial charge in [0.05, 0.1) is 0 Å². The van der Waals surface area contributed by atoms with Crippen molar-refractivity contribution in [2.45, 2.75) is 18.9 Å². The number of carboxylic acids is 1. The lowest BCUT2D eigenvalue weighted by molar-refractivity contribution is -0.145. The number of aliphatic carboxylic acids is 1. The van der Waals surface area contributed by atoms with Gasteiger partial charge in [-0.05, 0) is 42.7 Å². The van der Waals surface area contributed by atoms with Crippen LogP contribution in [0.25, 0.3) is 6.08 Å². The number of ether oxygens (including phenoxy) is 1. The molecule has 0 radical (unpaired) electrons. The summed E-state index contributed by atoms with van der Waals surface area (Å²) in [5.74, 6) is -1.41. The minimum Gasteiger partial charge on any atom is -0.480 e. The maximum Gasteiger partial charge on any atom is 0.323 e. The summed E-state index contributed by atoms with van der Waals surface area (Å²) in [4.78, 5) is 24.8. The van der Waals surface area contributed by atoms with Gasteiger partial charge in [0, 0.05) is 35.4 Å². The first kappa shape index (κ1) is 17.8. The second-order valence-corrected chi connectivity index (χ2v) is 6.05. The van der Waals surface area contributed by atoms with Crippen LogP contribution in [0.15, 0.2) is 24.3 Å². The smallest absolute Gasteiger partial charge is 0.323 e. The van der Waals surface area contributed by atoms with Gasteiger partial charge in [-0.15, -0.1) is 0 Å². The normalized spacial score (nSPS) is 15.7. The van der Waals surface area contributed by atoms with Crippen molar-refractivity contribution in [1.29, 1.82) is 0 Å². The average Bonchev–Trinajstić information content (AvgIpc) is 2.54. The number of rotatable bonds is 5. The quantitative estimate of drug-likeness (QED) is 0.822. The van der Waals surface area contributed by atoms with Crippen molar-refractivity contribution in [2.24, 2.45) is 0 Å². The van der Waals surface area contributed by atoms with E-state index < -0.39 is 5.97 Å². The van der Waals surface area contributed by atoms with E-state index in [9.17, 15) is 9.59 Å². The summed E-state index contributed by atoms with van der Waals surface area (Å²) in [5, 5.41) is 10.0. The number of carbonyl (C=O) groups excluding carboxylic acids is 1. The second-order valence-electron chi connectivity index (χ2n) is 5.20. The maximum atomic E-state index is 12.4. The number of halogens is 2. The van der Waals surface area contributed by atoms with E-state index >= 15 is 0 Å². The molecule has 7 heteroatoms. The van der Waals surface area contributed by atoms with Gasteiger partial charge in [-0.2, -0.15) is 0 Å². The molecule has 2 rings (SSSR count). The molecule has 1 aliphatic rings. The van der Waals surface area contributed by atoms with Gasteiger partial charge < -0.3 is 14.7 Å². The second kappa shape index (κ2) is 8.34. The average molecular weight is 358 g/mol. The maximum absolute atomic E-state index is 12.4. The highest BCUT2D eigenvalue weighted by Crippen LogP contribution is 2.22. The lowest BCUT2D eigenvalue weighted by Gasteiger charge is -2.32. The molecule has 0 aliphatic carbocycles. The first-order valence-corrected chi connectivity index (χ1v) is 7.96. The van der Waals surface area contributed by atoms with E-state index in [-0.39, 0.29) is 18.5 Å². The van der Waals surface area contributed by atoms with Gasteiger partial charge >= 0.3 is 5.97 Å². The van der Waals surface area contributed by atoms with Gasteiger partial charge in [0.15, 0.2) is 0 Å². The Morgan fingerprint density at radius 3 is 2.65 bits per heavy atom. The van der Waals surface area contributed by atoms with Crippen molar-refractivity contribution in [1.82, 2.24) is 4.90 Å². The van der Waals surface area contributed by atoms with Crippen molar-refractivity contribution in [3.05, 3.63) is 39.9 Å². The van der Waals surface area contributed by atoms with E-state index in [0.29, 0.717) is 41.7 Å². The molecule has 1 heterocycles. The van der Waals surface area contributed by atoms with E-state index in [1.807, 2.05) is 0 Å². The molecule has 0 atom stereocenters. The standard InChI is InChI=1S/C16H17Cl2NO4/c17-12-2-3-14(18)11(9-12)1-4-15(20)19(10-16(21)22)13-5-7-23-8-6-13/h1-4,9,13H,5-8,10H2,(H,21,22). The van der Waals surface area contributed by atoms with Gasteiger partial charge in [-0.25, -0.2) is 0 Å². The summed E-state index contributed by atoms with van der Waals surface area (Å²) >= 11 is 12.0. The van der Waals surface area contributed by atoms with Crippen molar-refractivity contribution in [3.63, 3.8) is 0 Å². The van der Waals surface area contributed by atoms with Crippen molar-refractivity contribution in [3.8, 4) is 0 Å². The van der Waals surface area contributed by atoms with Crippen LogP contribution in [0.5, 0.6) is 0 Å². The molecule has 0 saturated carbocycles. The van der Waals surface area contributed by atoms with E-state index in [0.717, 1.165) is 0 Å². The van der Waals surface area contributed by atoms with E-state index in [1.165, 1.54) is 11.0 Å². The number of hydrogen-bond donors (Lipinski definition) is 1. The summed E-state index contributed by atoms with van der Waals surface area (Å²) in [5.41, 5.74) is 0.606. The molecule has 1 amide bonds. The third-order valence-corrected chi connectivity index (χ3v) is 4.16. The Labute approximate surface area is 144 Å². The van der Waals surface area contributed by atoms with Crippen molar-refractivity contribution >= 4 is 41.2 Å². The zero-order chi connectivity index (χ0) is 16.8. The van der Waals surface area contributed by atoms with Crippen LogP contribution in [0.3, 0.4) is 0 Å². The molecule has 1 aromatic rings. The largest absolute Gasteiger partial charge is 0.480 e. The lowest BCUT2D eigenvalue weighted by Crippen LogP contribution is -2.45. The zero-order valence-electron chi connectivity index (χ0n) is 12.4. The Hall–Kier alpha value is -1.56. The molecule has 0 unspecified atom stereocenters. The van der Waals surface area contributed by atoms with Crippen LogP contribution in [0.1, 0.15) is 18.4 Å². The van der Waals surface area contributed by atoms with Crippen LogP contribution in [0.4, 0.5) is 0 Å². The van der Waals surface area contributed by atoms with Crippen molar-refractivity contribution < 1.29 is 19.4 Å². The van der Waals surface area contributed by atoms with Gasteiger partial charge in [-0.3, -0.25) is 9.59 Å². The van der Waals surface area contributed by atoms with Crippen LogP contribution in [-0.4, -0.2) is 47.7 Å². The Morgan fingerprint density at radius 1 is 1.30 bits per heavy atom. The fraction of sp³-hybridized carbons (Fsp3) is 0.375. The van der Waals surface area contributed by atoms with Crippen LogP contribution in [0.2, 0.25) is 10.0 Å². The van der Waals surface area contributed by atoms with E-state index in [4.69, 9.17) is 33.0 Å². The number of hydrogen-bond acceptors (Lipinski definition) is 3. The van der Waals surface area contributed by atoms with Crippen molar-refractivity contribution in [2.75, 3.05) is 19.8 Å². The third kappa shape index (κ3) is 5.23. The number of carboxylic acid groups (broad SMARTS) is 1. The summed E-state index contributed by atoms with van der Waals surface area (Å²) in [7, 11) is 0. The number of nitrogens with zero attached hydrogens (tertiary/aromatic N) is 1. The SMILES string of the molecule is O=C(O)CN(C(=O)C=Cc1cc(Cl)ccc1Cl)C1CCOCC1. The summed E-state index contributed by atoms with van der Waals surface area (Å²) in [6, 6.07) is 4.80. The topological polar surface area (TPSA) is 66.8 Å². The molecule has 1 aliphatic heterocycles. The highest BCUT2D eigenvalue weighted by atomic mass is 35.5. The molecule has 0 bridgehead atoms. The zero-order valence-corrected chi connectivity index (χ0v) is 13.9. The third-order valence-electron chi connectivity index (χ3n) is 3.58. The predicted octanol–water partition coefficient (Wildman–Crippen LogP) is 3.10. The Kier molecular flexibility index (Phi) is 6.45. The molecule has 23 heavy (non-hydrogen) atoms. The first-order valence-electron chi connectivity index (χ1n) is 7.20. The molecule has 1 fully saturated rings. The van der Waals surface area contributed by atoms with Gasteiger partial charge in [0.2, 0.25) is 5.91 Å². The molecule has 5 nitrogen and oxygen atoms in total. The minimum atomic E-state index is -1.04. The van der Waals surface area contributed by atoms with E-state index in [1.54, 1.807) is 24.3 Å². The monoisotopic (exact) mass is 357 g/mol. The van der Waals surface area contributed by atoms with E-state index in [2.05, 4.69) is 0 Å². The summed E-state index contributed by atoms with van der Waals surface area (Å²) in [6.45, 7) is 0.715. The molecule has 1 aromatic carbocycles. The number of amides is 1.